The Balaban J connectivity index is 2.65. The van der Waals surface area contributed by atoms with Crippen LogP contribution in [0.3, 0.4) is 0 Å². The first-order valence-electron chi connectivity index (χ1n) is 4.90. The molecule has 0 fully saturated rings. The molecule has 1 atom stereocenters. The summed E-state index contributed by atoms with van der Waals surface area (Å²) in [7, 11) is 0. The Labute approximate surface area is 99.2 Å². The zero-order chi connectivity index (χ0) is 12.0. The summed E-state index contributed by atoms with van der Waals surface area (Å²) < 4.78 is 0. The molecule has 0 aliphatic heterocycles. The maximum atomic E-state index is 11.8. The van der Waals surface area contributed by atoms with Gasteiger partial charge in [-0.05, 0) is 12.3 Å². The molecule has 0 radical (unpaired) electrons. The van der Waals surface area contributed by atoms with Gasteiger partial charge in [-0.2, -0.15) is 11.8 Å². The minimum atomic E-state index is -0.142. The van der Waals surface area contributed by atoms with Crippen molar-refractivity contribution in [1.82, 2.24) is 10.3 Å². The first kappa shape index (κ1) is 12.8. The lowest BCUT2D eigenvalue weighted by molar-refractivity contribution is 0.0955. The molecule has 1 aromatic rings. The predicted molar refractivity (Wildman–Crippen MR) is 67.4 cm³/mol. The largest absolute Gasteiger partial charge is 0.351 e. The molecule has 0 spiro atoms. The van der Waals surface area contributed by atoms with E-state index < -0.39 is 0 Å². The third kappa shape index (κ3) is 3.39. The molecule has 0 aliphatic rings. The lowest BCUT2D eigenvalue weighted by atomic mass is 10.2. The second kappa shape index (κ2) is 6.34. The highest BCUT2D eigenvalue weighted by atomic mass is 32.2. The third-order valence-electron chi connectivity index (χ3n) is 2.17. The number of nitrogens with one attached hydrogen (secondary N) is 2. The Bertz CT molecular complexity index is 358. The molecule has 1 aromatic heterocycles. The second-order valence-corrected chi connectivity index (χ2v) is 4.60. The molecule has 6 heteroatoms. The van der Waals surface area contributed by atoms with E-state index in [1.165, 1.54) is 6.20 Å². The maximum Gasteiger partial charge on any atom is 0.253 e. The van der Waals surface area contributed by atoms with Crippen LogP contribution in [0.1, 0.15) is 17.3 Å². The number of nitrogens with zero attached hydrogens (tertiary/aromatic N) is 1. The fourth-order valence-electron chi connectivity index (χ4n) is 1.12. The minimum Gasteiger partial charge on any atom is -0.351 e. The molecule has 0 saturated heterocycles. The van der Waals surface area contributed by atoms with Crippen LogP contribution in [0.25, 0.3) is 0 Å². The van der Waals surface area contributed by atoms with Crippen molar-refractivity contribution < 1.29 is 4.79 Å². The highest BCUT2D eigenvalue weighted by molar-refractivity contribution is 7.99. The van der Waals surface area contributed by atoms with Gasteiger partial charge in [0.2, 0.25) is 0 Å². The van der Waals surface area contributed by atoms with Crippen molar-refractivity contribution in [3.63, 3.8) is 0 Å². The molecule has 0 aliphatic carbocycles. The fraction of sp³-hybridized carbons (Fsp3) is 0.400. The average molecular weight is 240 g/mol. The SMILES string of the molecule is CSC(C)CNC(=O)c1ccncc1NN. The van der Waals surface area contributed by atoms with Crippen LogP contribution in [0.15, 0.2) is 18.5 Å². The highest BCUT2D eigenvalue weighted by Gasteiger charge is 2.11. The van der Waals surface area contributed by atoms with Gasteiger partial charge < -0.3 is 10.7 Å². The van der Waals surface area contributed by atoms with Crippen LogP contribution in [0.2, 0.25) is 0 Å². The normalized spacial score (nSPS) is 11.9. The Morgan fingerprint density at radius 3 is 3.06 bits per heavy atom. The van der Waals surface area contributed by atoms with Crippen molar-refractivity contribution in [2.75, 3.05) is 18.2 Å². The summed E-state index contributed by atoms with van der Waals surface area (Å²) in [5.74, 6) is 5.15. The van der Waals surface area contributed by atoms with Gasteiger partial charge >= 0.3 is 0 Å². The van der Waals surface area contributed by atoms with E-state index in [1.807, 2.05) is 6.26 Å². The Kier molecular flexibility index (Phi) is 5.07. The Morgan fingerprint density at radius 2 is 2.44 bits per heavy atom. The first-order valence-corrected chi connectivity index (χ1v) is 6.19. The van der Waals surface area contributed by atoms with Gasteiger partial charge in [0.1, 0.15) is 0 Å². The average Bonchev–Trinajstić information content (AvgIpc) is 2.35. The topological polar surface area (TPSA) is 80.0 Å². The van der Waals surface area contributed by atoms with Gasteiger partial charge in [-0.3, -0.25) is 15.6 Å². The summed E-state index contributed by atoms with van der Waals surface area (Å²) in [6.45, 7) is 2.69. The lowest BCUT2D eigenvalue weighted by Gasteiger charge is -2.11. The summed E-state index contributed by atoms with van der Waals surface area (Å²) >= 11 is 1.70. The molecule has 5 nitrogen and oxygen atoms in total. The molecule has 1 unspecified atom stereocenters. The first-order chi connectivity index (χ1) is 7.69. The van der Waals surface area contributed by atoms with E-state index in [2.05, 4.69) is 22.7 Å². The van der Waals surface area contributed by atoms with Crippen LogP contribution >= 0.6 is 11.8 Å². The van der Waals surface area contributed by atoms with Gasteiger partial charge in [-0.15, -0.1) is 0 Å². The standard InChI is InChI=1S/C10H16N4OS/c1-7(16-2)5-13-10(15)8-3-4-12-6-9(8)14-11/h3-4,6-7,14H,5,11H2,1-2H3,(H,13,15). The van der Waals surface area contributed by atoms with Crippen LogP contribution in [0, 0.1) is 0 Å². The quantitative estimate of drug-likeness (QED) is 0.525. The molecular formula is C10H16N4OS. The van der Waals surface area contributed by atoms with Crippen molar-refractivity contribution in [1.29, 1.82) is 0 Å². The lowest BCUT2D eigenvalue weighted by Crippen LogP contribution is -2.30. The number of hydrazine groups is 1. The molecule has 16 heavy (non-hydrogen) atoms. The number of thioether (sulfide) groups is 1. The predicted octanol–water partition coefficient (Wildman–Crippen LogP) is 0.849. The van der Waals surface area contributed by atoms with Crippen molar-refractivity contribution in [2.45, 2.75) is 12.2 Å². The van der Waals surface area contributed by atoms with Gasteiger partial charge in [-0.25, -0.2) is 0 Å². The number of hydrogen-bond donors (Lipinski definition) is 3. The number of nitrogens with two attached hydrogens (primary N) is 1. The molecular weight excluding hydrogens is 224 g/mol. The van der Waals surface area contributed by atoms with E-state index in [9.17, 15) is 4.79 Å². The van der Waals surface area contributed by atoms with Crippen molar-refractivity contribution >= 4 is 23.4 Å². The number of pyridine rings is 1. The molecule has 0 aromatic carbocycles. The summed E-state index contributed by atoms with van der Waals surface area (Å²) in [5.41, 5.74) is 3.48. The molecule has 1 heterocycles. The van der Waals surface area contributed by atoms with Crippen LogP contribution < -0.4 is 16.6 Å². The van der Waals surface area contributed by atoms with Gasteiger partial charge in [0.05, 0.1) is 17.4 Å². The van der Waals surface area contributed by atoms with Crippen molar-refractivity contribution in [2.24, 2.45) is 5.84 Å². The van der Waals surface area contributed by atoms with Crippen LogP contribution in [-0.4, -0.2) is 28.9 Å². The summed E-state index contributed by atoms with van der Waals surface area (Å²) in [6.07, 6.45) is 5.09. The molecule has 4 N–H and O–H groups in total. The van der Waals surface area contributed by atoms with E-state index in [0.717, 1.165) is 0 Å². The van der Waals surface area contributed by atoms with E-state index in [-0.39, 0.29) is 5.91 Å². The van der Waals surface area contributed by atoms with E-state index in [0.29, 0.717) is 23.0 Å². The number of rotatable bonds is 5. The second-order valence-electron chi connectivity index (χ2n) is 3.32. The maximum absolute atomic E-state index is 11.8. The van der Waals surface area contributed by atoms with Gasteiger partial charge in [0.25, 0.3) is 5.91 Å². The minimum absolute atomic E-state index is 0.142. The number of anilines is 1. The number of nitrogen functional groups attached to an aromatic ring is 1. The molecule has 88 valence electrons. The fourth-order valence-corrected chi connectivity index (χ4v) is 1.37. The Hall–Kier alpha value is -1.27. The van der Waals surface area contributed by atoms with Gasteiger partial charge in [-0.1, -0.05) is 6.92 Å². The molecule has 1 amide bonds. The van der Waals surface area contributed by atoms with E-state index in [1.54, 1.807) is 24.0 Å². The van der Waals surface area contributed by atoms with Crippen molar-refractivity contribution in [3.8, 4) is 0 Å². The molecule has 0 saturated carbocycles. The van der Waals surface area contributed by atoms with E-state index >= 15 is 0 Å². The van der Waals surface area contributed by atoms with Crippen molar-refractivity contribution in [3.05, 3.63) is 24.0 Å². The Morgan fingerprint density at radius 1 is 1.69 bits per heavy atom. The number of amides is 1. The number of hydrogen-bond acceptors (Lipinski definition) is 5. The van der Waals surface area contributed by atoms with Gasteiger partial charge in [0.15, 0.2) is 0 Å². The number of carbonyl (C=O) groups is 1. The summed E-state index contributed by atoms with van der Waals surface area (Å²) in [5, 5.41) is 3.23. The third-order valence-corrected chi connectivity index (χ3v) is 3.15. The molecule has 0 bridgehead atoms. The number of carbonyl (C=O) groups excluding carboxylic acids is 1. The zero-order valence-electron chi connectivity index (χ0n) is 9.36. The van der Waals surface area contributed by atoms with E-state index in [4.69, 9.17) is 5.84 Å². The zero-order valence-corrected chi connectivity index (χ0v) is 10.2. The van der Waals surface area contributed by atoms with Crippen LogP contribution in [-0.2, 0) is 0 Å². The van der Waals surface area contributed by atoms with Gasteiger partial charge in [0, 0.05) is 18.0 Å². The monoisotopic (exact) mass is 240 g/mol. The van der Waals surface area contributed by atoms with Crippen LogP contribution in [0.5, 0.6) is 0 Å². The smallest absolute Gasteiger partial charge is 0.253 e. The highest BCUT2D eigenvalue weighted by Crippen LogP contribution is 2.11. The molecule has 1 rings (SSSR count). The number of aromatic nitrogens is 1. The van der Waals surface area contributed by atoms with Crippen LogP contribution in [0.4, 0.5) is 5.69 Å². The summed E-state index contributed by atoms with van der Waals surface area (Å²) in [4.78, 5) is 15.7. The summed E-state index contributed by atoms with van der Waals surface area (Å²) in [6, 6.07) is 1.63.